The summed E-state index contributed by atoms with van der Waals surface area (Å²) in [6.07, 6.45) is -1.41. The molecule has 0 aromatic heterocycles. The van der Waals surface area contributed by atoms with Crippen molar-refractivity contribution in [1.29, 1.82) is 0 Å². The van der Waals surface area contributed by atoms with Crippen LogP contribution in [-0.2, 0) is 14.3 Å². The van der Waals surface area contributed by atoms with E-state index in [1.807, 2.05) is 0 Å². The molecule has 2 atom stereocenters. The van der Waals surface area contributed by atoms with Crippen LogP contribution in [0.25, 0.3) is 5.76 Å². The van der Waals surface area contributed by atoms with Crippen molar-refractivity contribution >= 4 is 17.5 Å². The van der Waals surface area contributed by atoms with E-state index in [4.69, 9.17) is 4.74 Å². The van der Waals surface area contributed by atoms with E-state index in [0.29, 0.717) is 0 Å². The number of fused-ring (bicyclic) bond motifs is 2. The van der Waals surface area contributed by atoms with E-state index in [1.54, 1.807) is 0 Å². The molecule has 116 valence electrons. The maximum Gasteiger partial charge on any atom is 0.358 e. The number of carbonyl (C=O) groups is 2. The predicted molar refractivity (Wildman–Crippen MR) is 73.3 cm³/mol. The molecule has 7 heteroatoms. The van der Waals surface area contributed by atoms with Gasteiger partial charge in [-0.15, -0.1) is 0 Å². The van der Waals surface area contributed by atoms with Gasteiger partial charge in [0.15, 0.2) is 5.78 Å². The molecule has 1 heterocycles. The Hall–Kier alpha value is -2.54. The number of benzene rings is 1. The molecule has 0 bridgehead atoms. The largest absolute Gasteiger partial charge is 0.507 e. The van der Waals surface area contributed by atoms with Crippen LogP contribution in [-0.4, -0.2) is 45.9 Å². The smallest absolute Gasteiger partial charge is 0.358 e. The first-order valence-corrected chi connectivity index (χ1v) is 6.68. The summed E-state index contributed by atoms with van der Waals surface area (Å²) in [5, 5.41) is 30.6. The molecule has 0 saturated heterocycles. The van der Waals surface area contributed by atoms with Gasteiger partial charge in [-0.25, -0.2) is 4.79 Å². The maximum atomic E-state index is 12.3. The van der Waals surface area contributed by atoms with Gasteiger partial charge in [-0.1, -0.05) is 6.07 Å². The Morgan fingerprint density at radius 1 is 1.41 bits per heavy atom. The third-order valence-electron chi connectivity index (χ3n) is 4.00. The van der Waals surface area contributed by atoms with Gasteiger partial charge < -0.3 is 24.8 Å². The molecule has 1 aromatic carbocycles. The highest BCUT2D eigenvalue weighted by Gasteiger charge is 2.60. The van der Waals surface area contributed by atoms with Crippen molar-refractivity contribution in [3.05, 3.63) is 29.3 Å². The number of hydrogen-bond donors (Lipinski definition) is 3. The zero-order valence-corrected chi connectivity index (χ0v) is 11.7. The number of aliphatic hydroxyl groups excluding tert-OH is 2. The first kappa shape index (κ1) is 14.4. The summed E-state index contributed by atoms with van der Waals surface area (Å²) in [7, 11) is 1.10. The fourth-order valence-corrected chi connectivity index (χ4v) is 2.97. The third kappa shape index (κ3) is 1.66. The molecule has 7 nitrogen and oxygen atoms in total. The Balaban J connectivity index is 2.34. The minimum atomic E-state index is -2.12. The van der Waals surface area contributed by atoms with E-state index in [0.717, 1.165) is 7.11 Å². The Kier molecular flexibility index (Phi) is 3.10. The third-order valence-corrected chi connectivity index (χ3v) is 4.00. The Morgan fingerprint density at radius 2 is 2.14 bits per heavy atom. The van der Waals surface area contributed by atoms with E-state index in [9.17, 15) is 24.9 Å². The molecule has 0 radical (unpaired) electrons. The van der Waals surface area contributed by atoms with Crippen molar-refractivity contribution in [2.24, 2.45) is 0 Å². The first-order valence-electron chi connectivity index (χ1n) is 6.68. The number of Topliss-reactive ketones (excluding diaryl/α,β-unsaturated/α-hetero) is 1. The summed E-state index contributed by atoms with van der Waals surface area (Å²) in [4.78, 5) is 24.5. The first-order chi connectivity index (χ1) is 10.4. The number of phenols is 1. The van der Waals surface area contributed by atoms with Crippen LogP contribution in [0.5, 0.6) is 11.5 Å². The molecule has 0 spiro atoms. The van der Waals surface area contributed by atoms with E-state index in [2.05, 4.69) is 4.74 Å². The normalized spacial score (nSPS) is 26.8. The molecular weight excluding hydrogens is 292 g/mol. The highest BCUT2D eigenvalue weighted by molar-refractivity contribution is 6.12. The maximum absolute atomic E-state index is 12.3. The second kappa shape index (κ2) is 4.74. The molecule has 3 rings (SSSR count). The van der Waals surface area contributed by atoms with Gasteiger partial charge in [0, 0.05) is 6.42 Å². The van der Waals surface area contributed by atoms with Gasteiger partial charge in [-0.3, -0.25) is 4.79 Å². The van der Waals surface area contributed by atoms with Gasteiger partial charge in [0.05, 0.1) is 12.7 Å². The molecular formula is C15H14O7. The molecule has 0 unspecified atom stereocenters. The summed E-state index contributed by atoms with van der Waals surface area (Å²) in [6.45, 7) is 0. The molecule has 22 heavy (non-hydrogen) atoms. The van der Waals surface area contributed by atoms with Crippen LogP contribution in [0.1, 0.15) is 18.4 Å². The monoisotopic (exact) mass is 306 g/mol. The highest BCUT2D eigenvalue weighted by Crippen LogP contribution is 2.48. The standard InChI is InChI=1S/C15H14O7/c1-21-14(20)15-10(18)6-5-8(17)12(15)13(19)11-7(16)3-2-4-9(11)22-15/h2-4,10,16,18-19H,5-6H2,1H3/t10-,15-/m0/s1. The van der Waals surface area contributed by atoms with Crippen LogP contribution >= 0.6 is 0 Å². The summed E-state index contributed by atoms with van der Waals surface area (Å²) >= 11 is 0. The average Bonchev–Trinajstić information content (AvgIpc) is 2.49. The zero-order valence-electron chi connectivity index (χ0n) is 11.7. The number of ether oxygens (including phenoxy) is 2. The van der Waals surface area contributed by atoms with Crippen LogP contribution in [0.4, 0.5) is 0 Å². The molecule has 0 amide bonds. The van der Waals surface area contributed by atoms with E-state index < -0.39 is 29.2 Å². The molecule has 1 saturated carbocycles. The molecule has 1 aliphatic carbocycles. The zero-order chi connectivity index (χ0) is 16.1. The van der Waals surface area contributed by atoms with Crippen molar-refractivity contribution in [3.63, 3.8) is 0 Å². The summed E-state index contributed by atoms with van der Waals surface area (Å²) in [5.41, 5.74) is -2.58. The van der Waals surface area contributed by atoms with Gasteiger partial charge >= 0.3 is 5.97 Å². The number of hydrogen-bond acceptors (Lipinski definition) is 7. The lowest BCUT2D eigenvalue weighted by atomic mass is 9.74. The lowest BCUT2D eigenvalue weighted by molar-refractivity contribution is -0.169. The Bertz CT molecular complexity index is 706. The summed E-state index contributed by atoms with van der Waals surface area (Å²) in [6, 6.07) is 4.18. The summed E-state index contributed by atoms with van der Waals surface area (Å²) < 4.78 is 10.3. The second-order valence-electron chi connectivity index (χ2n) is 5.18. The van der Waals surface area contributed by atoms with Gasteiger partial charge in [-0.05, 0) is 18.6 Å². The number of aromatic hydroxyl groups is 1. The number of rotatable bonds is 1. The minimum absolute atomic E-state index is 0.00113. The van der Waals surface area contributed by atoms with Crippen LogP contribution in [0.2, 0.25) is 0 Å². The Morgan fingerprint density at radius 3 is 2.82 bits per heavy atom. The highest BCUT2D eigenvalue weighted by atomic mass is 16.6. The Labute approximate surface area is 125 Å². The lowest BCUT2D eigenvalue weighted by Gasteiger charge is -2.42. The fourth-order valence-electron chi connectivity index (χ4n) is 2.97. The quantitative estimate of drug-likeness (QED) is 0.654. The van der Waals surface area contributed by atoms with Crippen LogP contribution in [0.3, 0.4) is 0 Å². The molecule has 2 aliphatic rings. The number of ketones is 1. The van der Waals surface area contributed by atoms with Crippen LogP contribution in [0.15, 0.2) is 23.8 Å². The van der Waals surface area contributed by atoms with Crippen molar-refractivity contribution in [3.8, 4) is 11.5 Å². The van der Waals surface area contributed by atoms with E-state index >= 15 is 0 Å². The molecule has 1 fully saturated rings. The van der Waals surface area contributed by atoms with Crippen molar-refractivity contribution < 1.29 is 34.4 Å². The lowest BCUT2D eigenvalue weighted by Crippen LogP contribution is -2.61. The summed E-state index contributed by atoms with van der Waals surface area (Å²) in [5.74, 6) is -2.41. The molecule has 3 N–H and O–H groups in total. The second-order valence-corrected chi connectivity index (χ2v) is 5.18. The number of methoxy groups -OCH3 is 1. The van der Waals surface area contributed by atoms with Crippen molar-refractivity contribution in [2.45, 2.75) is 24.5 Å². The van der Waals surface area contributed by atoms with E-state index in [-0.39, 0.29) is 35.5 Å². The van der Waals surface area contributed by atoms with Crippen molar-refractivity contribution in [2.75, 3.05) is 7.11 Å². The SMILES string of the molecule is COC(=O)[C@@]12Oc3cccc(O)c3C(O)=C1C(=O)CC[C@@H]2O. The topological polar surface area (TPSA) is 113 Å². The number of phenolic OH excluding ortho intramolecular Hbond substituents is 1. The van der Waals surface area contributed by atoms with Crippen molar-refractivity contribution in [1.82, 2.24) is 0 Å². The number of carbonyl (C=O) groups excluding carboxylic acids is 2. The molecule has 1 aliphatic heterocycles. The van der Waals surface area contributed by atoms with Gasteiger partial charge in [-0.2, -0.15) is 0 Å². The van der Waals surface area contributed by atoms with E-state index in [1.165, 1.54) is 18.2 Å². The molecule has 1 aromatic rings. The minimum Gasteiger partial charge on any atom is -0.507 e. The van der Waals surface area contributed by atoms with Gasteiger partial charge in [0.25, 0.3) is 5.60 Å². The van der Waals surface area contributed by atoms with Gasteiger partial charge in [0.2, 0.25) is 0 Å². The predicted octanol–water partition coefficient (Wildman–Crippen LogP) is 0.689. The average molecular weight is 306 g/mol. The van der Waals surface area contributed by atoms with Crippen LogP contribution in [0, 0.1) is 0 Å². The van der Waals surface area contributed by atoms with Gasteiger partial charge in [0.1, 0.15) is 28.9 Å². The van der Waals surface area contributed by atoms with Crippen LogP contribution < -0.4 is 4.74 Å². The number of esters is 1. The number of aliphatic hydroxyl groups is 2. The fraction of sp³-hybridized carbons (Fsp3) is 0.333.